The fraction of sp³-hybridized carbons (Fsp3) is 0.217. The Morgan fingerprint density at radius 1 is 1.16 bits per heavy atom. The van der Waals surface area contributed by atoms with E-state index < -0.39 is 10.3 Å². The van der Waals surface area contributed by atoms with E-state index in [-0.39, 0.29) is 11.9 Å². The summed E-state index contributed by atoms with van der Waals surface area (Å²) in [6.45, 7) is 2.13. The zero-order valence-electron chi connectivity index (χ0n) is 17.4. The molecule has 166 valence electrons. The van der Waals surface area contributed by atoms with Crippen LogP contribution in [0.4, 0.5) is 11.4 Å². The van der Waals surface area contributed by atoms with E-state index in [1.165, 1.54) is 0 Å². The van der Waals surface area contributed by atoms with E-state index in [2.05, 4.69) is 10.3 Å². The van der Waals surface area contributed by atoms with E-state index in [1.54, 1.807) is 48.7 Å². The molecule has 0 bridgehead atoms. The molecular weight excluding hydrogens is 430 g/mol. The first-order chi connectivity index (χ1) is 15.3. The summed E-state index contributed by atoms with van der Waals surface area (Å²) in [5.41, 5.74) is 2.78. The van der Waals surface area contributed by atoms with Crippen LogP contribution in [0.1, 0.15) is 34.5 Å². The van der Waals surface area contributed by atoms with Gasteiger partial charge in [0.25, 0.3) is 5.91 Å². The molecule has 1 amide bonds. The number of nitrogens with zero attached hydrogens (tertiary/aromatic N) is 2. The van der Waals surface area contributed by atoms with E-state index in [1.807, 2.05) is 25.1 Å². The van der Waals surface area contributed by atoms with Crippen LogP contribution in [0.3, 0.4) is 0 Å². The minimum absolute atomic E-state index is 0.255. The molecule has 0 radical (unpaired) electrons. The molecule has 1 heterocycles. The Hall–Kier alpha value is -3.43. The predicted octanol–water partition coefficient (Wildman–Crippen LogP) is 3.99. The van der Waals surface area contributed by atoms with Crippen LogP contribution in [0.25, 0.3) is 0 Å². The normalized spacial score (nSPS) is 13.4. The highest BCUT2D eigenvalue weighted by Gasteiger charge is 2.36. The molecule has 4 rings (SSSR count). The number of hydrogen-bond donors (Lipinski definition) is 2. The van der Waals surface area contributed by atoms with Gasteiger partial charge in [0.15, 0.2) is 0 Å². The Labute approximate surface area is 186 Å². The molecule has 1 aliphatic rings. The molecule has 2 N–H and O–H groups in total. The molecule has 0 spiro atoms. The van der Waals surface area contributed by atoms with E-state index in [0.29, 0.717) is 42.1 Å². The monoisotopic (exact) mass is 453 g/mol. The maximum absolute atomic E-state index is 12.7. The molecule has 1 fully saturated rings. The lowest BCUT2D eigenvalue weighted by atomic mass is 10.1. The quantitative estimate of drug-likeness (QED) is 0.499. The molecule has 32 heavy (non-hydrogen) atoms. The van der Waals surface area contributed by atoms with Gasteiger partial charge in [-0.25, -0.2) is 4.31 Å². The summed E-state index contributed by atoms with van der Waals surface area (Å²) in [6, 6.07) is 16.9. The fourth-order valence-electron chi connectivity index (χ4n) is 3.26. The van der Waals surface area contributed by atoms with Crippen LogP contribution in [0.15, 0.2) is 66.9 Å². The Balaban J connectivity index is 1.45. The van der Waals surface area contributed by atoms with Gasteiger partial charge < -0.3 is 10.1 Å². The second-order valence-electron chi connectivity index (χ2n) is 7.59. The zero-order chi connectivity index (χ0) is 22.7. The lowest BCUT2D eigenvalue weighted by molar-refractivity contribution is 0.102. The van der Waals surface area contributed by atoms with Gasteiger partial charge in [-0.2, -0.15) is 8.42 Å². The molecule has 0 saturated heterocycles. The van der Waals surface area contributed by atoms with Crippen LogP contribution in [0.2, 0.25) is 0 Å². The molecule has 1 aliphatic carbocycles. The first-order valence-corrected chi connectivity index (χ1v) is 11.5. The molecule has 3 aromatic rings. The van der Waals surface area contributed by atoms with Gasteiger partial charge in [-0.1, -0.05) is 12.1 Å². The smallest absolute Gasteiger partial charge is 0.360 e. The molecule has 1 saturated carbocycles. The summed E-state index contributed by atoms with van der Waals surface area (Å²) < 4.78 is 39.9. The number of rotatable bonds is 8. The van der Waals surface area contributed by atoms with Gasteiger partial charge in [-0.3, -0.25) is 14.3 Å². The molecule has 0 aliphatic heterocycles. The summed E-state index contributed by atoms with van der Waals surface area (Å²) in [6.07, 6.45) is 3.07. The number of aromatic nitrogens is 1. The van der Waals surface area contributed by atoms with Gasteiger partial charge in [-0.15, -0.1) is 0 Å². The van der Waals surface area contributed by atoms with Gasteiger partial charge in [0.1, 0.15) is 12.4 Å². The first kappa shape index (κ1) is 21.8. The molecule has 8 nitrogen and oxygen atoms in total. The van der Waals surface area contributed by atoms with E-state index >= 15 is 0 Å². The largest absolute Gasteiger partial charge is 0.487 e. The maximum atomic E-state index is 12.7. The van der Waals surface area contributed by atoms with Crippen LogP contribution >= 0.6 is 0 Å². The molecule has 9 heteroatoms. The van der Waals surface area contributed by atoms with E-state index in [9.17, 15) is 17.8 Å². The summed E-state index contributed by atoms with van der Waals surface area (Å²) in [5.74, 6) is 0.268. The number of ether oxygens (including phenoxy) is 1. The Morgan fingerprint density at radius 3 is 2.53 bits per heavy atom. The third-order valence-corrected chi connectivity index (χ3v) is 6.09. The maximum Gasteiger partial charge on any atom is 0.360 e. The molecule has 0 unspecified atom stereocenters. The fourth-order valence-corrected chi connectivity index (χ4v) is 4.23. The van der Waals surface area contributed by atoms with Crippen molar-refractivity contribution in [2.24, 2.45) is 0 Å². The van der Waals surface area contributed by atoms with Crippen LogP contribution in [0, 0.1) is 6.92 Å². The van der Waals surface area contributed by atoms with Crippen LogP contribution in [-0.4, -0.2) is 29.9 Å². The number of pyridine rings is 1. The van der Waals surface area contributed by atoms with Crippen LogP contribution < -0.4 is 14.4 Å². The minimum atomic E-state index is -4.39. The molecular formula is C23H23N3O5S. The molecule has 0 atom stereocenters. The average Bonchev–Trinajstić information content (AvgIpc) is 3.59. The SMILES string of the molecule is Cc1ccc(N(C2CC2)S(=O)(=O)O)cc1NC(=O)c1ccc(OCc2ccccn2)cc1. The van der Waals surface area contributed by atoms with Crippen molar-refractivity contribution in [3.63, 3.8) is 0 Å². The van der Waals surface area contributed by atoms with Gasteiger partial charge in [0, 0.05) is 23.5 Å². The van der Waals surface area contributed by atoms with Gasteiger partial charge in [0.05, 0.1) is 11.4 Å². The predicted molar refractivity (Wildman–Crippen MR) is 121 cm³/mol. The highest BCUT2D eigenvalue weighted by Crippen LogP contribution is 2.35. The van der Waals surface area contributed by atoms with Gasteiger partial charge in [0.2, 0.25) is 0 Å². The van der Waals surface area contributed by atoms with Crippen LogP contribution in [0.5, 0.6) is 5.75 Å². The summed E-state index contributed by atoms with van der Waals surface area (Å²) >= 11 is 0. The third-order valence-electron chi connectivity index (χ3n) is 5.08. The van der Waals surface area contributed by atoms with Crippen molar-refractivity contribution in [1.29, 1.82) is 0 Å². The van der Waals surface area contributed by atoms with Gasteiger partial charge in [-0.05, 0) is 73.9 Å². The Kier molecular flexibility index (Phi) is 6.11. The highest BCUT2D eigenvalue weighted by atomic mass is 32.2. The first-order valence-electron chi connectivity index (χ1n) is 10.1. The summed E-state index contributed by atoms with van der Waals surface area (Å²) in [5, 5.41) is 2.82. The standard InChI is InChI=1S/C23H23N3O5S/c1-16-5-8-20(26(19-9-10-19)32(28,29)30)14-22(16)25-23(27)17-6-11-21(12-7-17)31-15-18-4-2-3-13-24-18/h2-8,11-14,19H,9-10,15H2,1H3,(H,25,27)(H,28,29,30). The number of anilines is 2. The third kappa shape index (κ3) is 5.24. The zero-order valence-corrected chi connectivity index (χ0v) is 18.2. The summed E-state index contributed by atoms with van der Waals surface area (Å²) in [4.78, 5) is 16.9. The second kappa shape index (κ2) is 8.97. The number of benzene rings is 2. The van der Waals surface area contributed by atoms with Crippen molar-refractivity contribution in [3.05, 3.63) is 83.7 Å². The molecule has 2 aromatic carbocycles. The lowest BCUT2D eigenvalue weighted by Crippen LogP contribution is -2.32. The summed E-state index contributed by atoms with van der Waals surface area (Å²) in [7, 11) is -4.39. The van der Waals surface area contributed by atoms with Gasteiger partial charge >= 0.3 is 10.3 Å². The van der Waals surface area contributed by atoms with Crippen molar-refractivity contribution in [2.45, 2.75) is 32.4 Å². The van der Waals surface area contributed by atoms with E-state index in [4.69, 9.17) is 4.74 Å². The van der Waals surface area contributed by atoms with Crippen molar-refractivity contribution >= 4 is 27.6 Å². The van der Waals surface area contributed by atoms with Crippen molar-refractivity contribution in [1.82, 2.24) is 4.98 Å². The number of amides is 1. The van der Waals surface area contributed by atoms with Crippen molar-refractivity contribution in [3.8, 4) is 5.75 Å². The van der Waals surface area contributed by atoms with Crippen molar-refractivity contribution < 1.29 is 22.5 Å². The lowest BCUT2D eigenvalue weighted by Gasteiger charge is -2.21. The molecule has 1 aromatic heterocycles. The number of carbonyl (C=O) groups is 1. The topological polar surface area (TPSA) is 109 Å². The number of aryl methyl sites for hydroxylation is 1. The number of nitrogens with one attached hydrogen (secondary N) is 1. The number of carbonyl (C=O) groups excluding carboxylic acids is 1. The highest BCUT2D eigenvalue weighted by molar-refractivity contribution is 7.87. The minimum Gasteiger partial charge on any atom is -0.487 e. The second-order valence-corrected chi connectivity index (χ2v) is 8.88. The Morgan fingerprint density at radius 2 is 1.91 bits per heavy atom. The van der Waals surface area contributed by atoms with Crippen LogP contribution in [-0.2, 0) is 16.9 Å². The average molecular weight is 454 g/mol. The number of hydrogen-bond acceptors (Lipinski definition) is 5. The Bertz CT molecular complexity index is 1210. The van der Waals surface area contributed by atoms with E-state index in [0.717, 1.165) is 15.6 Å². The van der Waals surface area contributed by atoms with Crippen molar-refractivity contribution in [2.75, 3.05) is 9.62 Å².